The quantitative estimate of drug-likeness (QED) is 0.605. The molecule has 22 heavy (non-hydrogen) atoms. The highest BCUT2D eigenvalue weighted by Crippen LogP contribution is 2.26. The number of carbonyl (C=O) groups is 1. The fourth-order valence-corrected chi connectivity index (χ4v) is 2.17. The molecule has 4 heteroatoms. The van der Waals surface area contributed by atoms with Crippen molar-refractivity contribution in [2.24, 2.45) is 0 Å². The van der Waals surface area contributed by atoms with Gasteiger partial charge in [-0.3, -0.25) is 0 Å². The monoisotopic (exact) mass is 314 g/mol. The number of esters is 1. The molecule has 2 aromatic carbocycles. The third-order valence-electron chi connectivity index (χ3n) is 3.11. The zero-order chi connectivity index (χ0) is 15.9. The highest BCUT2D eigenvalue weighted by Gasteiger charge is 2.14. The molecule has 3 nitrogen and oxygen atoms in total. The lowest BCUT2D eigenvalue weighted by Gasteiger charge is -2.12. The molecule has 0 aromatic heterocycles. The fourth-order valence-electron chi connectivity index (χ4n) is 2.11. The van der Waals surface area contributed by atoms with Crippen LogP contribution in [0.2, 0.25) is 0 Å². The van der Waals surface area contributed by atoms with Crippen molar-refractivity contribution < 1.29 is 14.3 Å². The molecular formula is C18H18O3S. The zero-order valence-electron chi connectivity index (χ0n) is 12.7. The van der Waals surface area contributed by atoms with Gasteiger partial charge in [-0.25, -0.2) is 4.79 Å². The summed E-state index contributed by atoms with van der Waals surface area (Å²) in [5.74, 6) is -0.320. The van der Waals surface area contributed by atoms with E-state index >= 15 is 0 Å². The minimum Gasteiger partial charge on any atom is -0.483 e. The van der Waals surface area contributed by atoms with Crippen molar-refractivity contribution in [2.75, 3.05) is 6.61 Å². The lowest BCUT2D eigenvalue weighted by molar-refractivity contribution is 0.0527. The van der Waals surface area contributed by atoms with Gasteiger partial charge in [0.1, 0.15) is 6.61 Å². The number of thiocarbonyl (C=S) groups is 1. The number of rotatable bonds is 5. The van der Waals surface area contributed by atoms with Gasteiger partial charge in [-0.05, 0) is 48.0 Å². The molecule has 0 amide bonds. The summed E-state index contributed by atoms with van der Waals surface area (Å²) in [6.45, 7) is 4.27. The molecule has 0 aliphatic rings. The first-order chi connectivity index (χ1) is 10.6. The third-order valence-corrected chi connectivity index (χ3v) is 3.22. The van der Waals surface area contributed by atoms with E-state index in [4.69, 9.17) is 21.7 Å². The van der Waals surface area contributed by atoms with Crippen molar-refractivity contribution in [2.45, 2.75) is 20.5 Å². The minimum atomic E-state index is -0.320. The van der Waals surface area contributed by atoms with Crippen molar-refractivity contribution in [1.29, 1.82) is 0 Å². The number of hydrogen-bond donors (Lipinski definition) is 0. The molecule has 0 heterocycles. The van der Waals surface area contributed by atoms with E-state index in [-0.39, 0.29) is 5.97 Å². The maximum atomic E-state index is 12.1. The van der Waals surface area contributed by atoms with Crippen LogP contribution in [0.15, 0.2) is 48.5 Å². The summed E-state index contributed by atoms with van der Waals surface area (Å²) in [4.78, 5) is 12.1. The lowest BCUT2D eigenvalue weighted by Crippen LogP contribution is -2.07. The van der Waals surface area contributed by atoms with Gasteiger partial charge in [-0.2, -0.15) is 0 Å². The van der Waals surface area contributed by atoms with Gasteiger partial charge in [0.15, 0.2) is 5.05 Å². The van der Waals surface area contributed by atoms with E-state index in [1.165, 1.54) is 0 Å². The van der Waals surface area contributed by atoms with E-state index in [1.54, 1.807) is 19.9 Å². The molecule has 2 rings (SSSR count). The molecule has 0 saturated heterocycles. The van der Waals surface area contributed by atoms with Crippen LogP contribution >= 0.6 is 12.2 Å². The molecule has 0 N–H and O–H groups in total. The summed E-state index contributed by atoms with van der Waals surface area (Å²) in [5, 5.41) is 0.496. The summed E-state index contributed by atoms with van der Waals surface area (Å²) in [7, 11) is 0. The summed E-state index contributed by atoms with van der Waals surface area (Å²) in [5.41, 5.74) is 3.31. The summed E-state index contributed by atoms with van der Waals surface area (Å²) in [6.07, 6.45) is 0. The second kappa shape index (κ2) is 7.71. The molecule has 0 radical (unpaired) electrons. The van der Waals surface area contributed by atoms with E-state index < -0.39 is 0 Å². The average molecular weight is 314 g/mol. The Morgan fingerprint density at radius 3 is 2.45 bits per heavy atom. The predicted octanol–water partition coefficient (Wildman–Crippen LogP) is 4.39. The van der Waals surface area contributed by atoms with Crippen LogP contribution in [-0.4, -0.2) is 17.6 Å². The first-order valence-corrected chi connectivity index (χ1v) is 7.51. The van der Waals surface area contributed by atoms with Gasteiger partial charge in [0.2, 0.25) is 0 Å². The van der Waals surface area contributed by atoms with Crippen LogP contribution in [0.1, 0.15) is 29.8 Å². The fraction of sp³-hybridized carbons (Fsp3) is 0.222. The van der Waals surface area contributed by atoms with Gasteiger partial charge < -0.3 is 9.47 Å². The van der Waals surface area contributed by atoms with Crippen LogP contribution in [0.3, 0.4) is 0 Å². The highest BCUT2D eigenvalue weighted by atomic mass is 32.1. The molecule has 114 valence electrons. The summed E-state index contributed by atoms with van der Waals surface area (Å²) < 4.78 is 10.5. The van der Waals surface area contributed by atoms with Crippen molar-refractivity contribution in [1.82, 2.24) is 0 Å². The zero-order valence-corrected chi connectivity index (χ0v) is 13.5. The predicted molar refractivity (Wildman–Crippen MR) is 90.9 cm³/mol. The normalized spacial score (nSPS) is 10.1. The first-order valence-electron chi connectivity index (χ1n) is 7.10. The van der Waals surface area contributed by atoms with Gasteiger partial charge in [-0.15, -0.1) is 0 Å². The Kier molecular flexibility index (Phi) is 5.67. The lowest BCUT2D eigenvalue weighted by atomic mass is 9.97. The van der Waals surface area contributed by atoms with E-state index in [1.807, 2.05) is 42.5 Å². The van der Waals surface area contributed by atoms with E-state index in [0.29, 0.717) is 23.8 Å². The second-order valence-electron chi connectivity index (χ2n) is 4.75. The largest absolute Gasteiger partial charge is 0.483 e. The van der Waals surface area contributed by atoms with Gasteiger partial charge in [-0.1, -0.05) is 36.4 Å². The molecular weight excluding hydrogens is 296 g/mol. The van der Waals surface area contributed by atoms with Crippen LogP contribution < -0.4 is 0 Å². The van der Waals surface area contributed by atoms with Gasteiger partial charge in [0, 0.05) is 6.92 Å². The molecule has 0 aliphatic carbocycles. The Balaban J connectivity index is 2.41. The van der Waals surface area contributed by atoms with Crippen LogP contribution in [0, 0.1) is 0 Å². The maximum Gasteiger partial charge on any atom is 0.338 e. The number of benzene rings is 2. The first kappa shape index (κ1) is 16.2. The molecule has 0 fully saturated rings. The molecule has 2 aromatic rings. The Bertz CT molecular complexity index is 665. The Hall–Kier alpha value is -2.20. The van der Waals surface area contributed by atoms with Gasteiger partial charge in [0.25, 0.3) is 0 Å². The molecule has 0 bridgehead atoms. The summed E-state index contributed by atoms with van der Waals surface area (Å²) >= 11 is 4.93. The SMILES string of the molecule is CCOC(=O)c1ccc(COC(C)=S)cc1-c1ccccc1. The molecule has 0 saturated carbocycles. The topological polar surface area (TPSA) is 35.5 Å². The summed E-state index contributed by atoms with van der Waals surface area (Å²) in [6, 6.07) is 15.3. The smallest absolute Gasteiger partial charge is 0.338 e. The van der Waals surface area contributed by atoms with E-state index in [9.17, 15) is 4.79 Å². The van der Waals surface area contributed by atoms with Crippen LogP contribution in [0.5, 0.6) is 0 Å². The van der Waals surface area contributed by atoms with Gasteiger partial charge >= 0.3 is 5.97 Å². The van der Waals surface area contributed by atoms with E-state index in [2.05, 4.69) is 0 Å². The Morgan fingerprint density at radius 1 is 1.09 bits per heavy atom. The number of ether oxygens (including phenoxy) is 2. The Labute approximate surface area is 135 Å². The van der Waals surface area contributed by atoms with Crippen molar-refractivity contribution in [3.63, 3.8) is 0 Å². The molecule has 0 aliphatic heterocycles. The molecule has 0 spiro atoms. The van der Waals surface area contributed by atoms with Crippen molar-refractivity contribution in [3.8, 4) is 11.1 Å². The number of carbonyl (C=O) groups excluding carboxylic acids is 1. The number of hydrogen-bond acceptors (Lipinski definition) is 4. The van der Waals surface area contributed by atoms with Crippen molar-refractivity contribution >= 4 is 23.2 Å². The molecule has 0 unspecified atom stereocenters. The van der Waals surface area contributed by atoms with Crippen LogP contribution in [0.4, 0.5) is 0 Å². The van der Waals surface area contributed by atoms with Gasteiger partial charge in [0.05, 0.1) is 12.2 Å². The average Bonchev–Trinajstić information content (AvgIpc) is 2.53. The minimum absolute atomic E-state index is 0.320. The van der Waals surface area contributed by atoms with Crippen LogP contribution in [-0.2, 0) is 16.1 Å². The Morgan fingerprint density at radius 2 is 1.82 bits per heavy atom. The second-order valence-corrected chi connectivity index (χ2v) is 5.32. The molecule has 0 atom stereocenters. The maximum absolute atomic E-state index is 12.1. The van der Waals surface area contributed by atoms with Crippen molar-refractivity contribution in [3.05, 3.63) is 59.7 Å². The third kappa shape index (κ3) is 4.15. The highest BCUT2D eigenvalue weighted by molar-refractivity contribution is 7.80. The van der Waals surface area contributed by atoms with Crippen LogP contribution in [0.25, 0.3) is 11.1 Å². The standard InChI is InChI=1S/C18H18O3S/c1-3-20-18(19)16-10-9-14(12-21-13(2)22)11-17(16)15-7-5-4-6-8-15/h4-11H,3,12H2,1-2H3. The van der Waals surface area contributed by atoms with E-state index in [0.717, 1.165) is 16.7 Å².